The first kappa shape index (κ1) is 18.0. The Bertz CT molecular complexity index is 465. The molecule has 6 heteroatoms. The Labute approximate surface area is 142 Å². The zero-order valence-corrected chi connectivity index (χ0v) is 14.7. The second-order valence-corrected chi connectivity index (χ2v) is 8.41. The fourth-order valence-corrected chi connectivity index (χ4v) is 4.53. The SMILES string of the molecule is CC(C)CN1CCC([C@H]2CCN(C(=O)C3(C(F)(F)F)CC3)C2)CC1. The van der Waals surface area contributed by atoms with Crippen molar-refractivity contribution in [1.82, 2.24) is 9.80 Å². The van der Waals surface area contributed by atoms with Gasteiger partial charge in [-0.25, -0.2) is 0 Å². The molecular formula is C18H29F3N2O. The lowest BCUT2D eigenvalue weighted by Gasteiger charge is -2.35. The number of piperidine rings is 1. The summed E-state index contributed by atoms with van der Waals surface area (Å²) in [6.07, 6.45) is -1.33. The van der Waals surface area contributed by atoms with Gasteiger partial charge in [-0.3, -0.25) is 4.79 Å². The third-order valence-electron chi connectivity index (χ3n) is 6.14. The maximum Gasteiger partial charge on any atom is 0.403 e. The molecular weight excluding hydrogens is 317 g/mol. The summed E-state index contributed by atoms with van der Waals surface area (Å²) in [5.41, 5.74) is -2.04. The Morgan fingerprint density at radius 1 is 1.08 bits per heavy atom. The van der Waals surface area contributed by atoms with Crippen LogP contribution in [0.1, 0.15) is 46.0 Å². The van der Waals surface area contributed by atoms with Crippen LogP contribution in [0.4, 0.5) is 13.2 Å². The largest absolute Gasteiger partial charge is 0.403 e. The molecule has 3 rings (SSSR count). The van der Waals surface area contributed by atoms with Crippen molar-refractivity contribution < 1.29 is 18.0 Å². The van der Waals surface area contributed by atoms with Gasteiger partial charge in [-0.1, -0.05) is 13.8 Å². The first-order valence-electron chi connectivity index (χ1n) is 9.31. The highest BCUT2D eigenvalue weighted by molar-refractivity contribution is 5.86. The fraction of sp³-hybridized carbons (Fsp3) is 0.944. The highest BCUT2D eigenvalue weighted by Gasteiger charge is 2.69. The number of hydrogen-bond acceptors (Lipinski definition) is 2. The van der Waals surface area contributed by atoms with Crippen LogP contribution in [0.2, 0.25) is 0 Å². The number of halogens is 3. The minimum atomic E-state index is -4.38. The van der Waals surface area contributed by atoms with E-state index in [1.807, 2.05) is 0 Å². The molecule has 0 radical (unpaired) electrons. The van der Waals surface area contributed by atoms with Crippen LogP contribution in [-0.4, -0.2) is 54.6 Å². The van der Waals surface area contributed by atoms with Gasteiger partial charge in [-0.15, -0.1) is 0 Å². The van der Waals surface area contributed by atoms with E-state index in [0.717, 1.165) is 38.9 Å². The summed E-state index contributed by atoms with van der Waals surface area (Å²) < 4.78 is 39.4. The van der Waals surface area contributed by atoms with E-state index in [0.29, 0.717) is 30.8 Å². The summed E-state index contributed by atoms with van der Waals surface area (Å²) in [4.78, 5) is 16.4. The van der Waals surface area contributed by atoms with Gasteiger partial charge < -0.3 is 9.80 Å². The van der Waals surface area contributed by atoms with Crippen LogP contribution in [0, 0.1) is 23.2 Å². The monoisotopic (exact) mass is 346 g/mol. The number of nitrogens with zero attached hydrogens (tertiary/aromatic N) is 2. The van der Waals surface area contributed by atoms with Crippen LogP contribution in [0.25, 0.3) is 0 Å². The molecule has 2 aliphatic heterocycles. The molecule has 2 saturated heterocycles. The summed E-state index contributed by atoms with van der Waals surface area (Å²) >= 11 is 0. The van der Waals surface area contributed by atoms with E-state index in [2.05, 4.69) is 18.7 Å². The van der Waals surface area contributed by atoms with Gasteiger partial charge in [0, 0.05) is 19.6 Å². The van der Waals surface area contributed by atoms with Gasteiger partial charge in [0.1, 0.15) is 5.41 Å². The van der Waals surface area contributed by atoms with Gasteiger partial charge in [0.05, 0.1) is 0 Å². The van der Waals surface area contributed by atoms with Crippen LogP contribution in [-0.2, 0) is 4.79 Å². The van der Waals surface area contributed by atoms with Gasteiger partial charge in [0.25, 0.3) is 0 Å². The normalized spacial score (nSPS) is 28.6. The molecule has 1 saturated carbocycles. The van der Waals surface area contributed by atoms with Crippen molar-refractivity contribution in [2.45, 2.75) is 52.1 Å². The second kappa shape index (κ2) is 6.50. The number of rotatable bonds is 4. The zero-order valence-electron chi connectivity index (χ0n) is 14.7. The molecule has 0 aromatic heterocycles. The number of alkyl halides is 3. The molecule has 2 heterocycles. The molecule has 3 nitrogen and oxygen atoms in total. The van der Waals surface area contributed by atoms with Crippen molar-refractivity contribution in [3.63, 3.8) is 0 Å². The van der Waals surface area contributed by atoms with E-state index in [4.69, 9.17) is 0 Å². The molecule has 0 aromatic carbocycles. The van der Waals surface area contributed by atoms with E-state index >= 15 is 0 Å². The molecule has 1 aliphatic carbocycles. The topological polar surface area (TPSA) is 23.6 Å². The van der Waals surface area contributed by atoms with Crippen LogP contribution < -0.4 is 0 Å². The smallest absolute Gasteiger partial charge is 0.342 e. The highest BCUT2D eigenvalue weighted by Crippen LogP contribution is 2.59. The Balaban J connectivity index is 1.51. The Morgan fingerprint density at radius 3 is 2.17 bits per heavy atom. The minimum Gasteiger partial charge on any atom is -0.342 e. The van der Waals surface area contributed by atoms with Gasteiger partial charge in [0.2, 0.25) is 5.91 Å². The molecule has 24 heavy (non-hydrogen) atoms. The number of likely N-dealkylation sites (tertiary alicyclic amines) is 2. The third-order valence-corrected chi connectivity index (χ3v) is 6.14. The molecule has 0 bridgehead atoms. The quantitative estimate of drug-likeness (QED) is 0.777. The summed E-state index contributed by atoms with van der Waals surface area (Å²) in [7, 11) is 0. The molecule has 3 aliphatic rings. The number of amides is 1. The van der Waals surface area contributed by atoms with Gasteiger partial charge in [-0.05, 0) is 62.9 Å². The molecule has 1 amide bonds. The van der Waals surface area contributed by atoms with Crippen LogP contribution in [0.5, 0.6) is 0 Å². The number of hydrogen-bond donors (Lipinski definition) is 0. The van der Waals surface area contributed by atoms with Crippen molar-refractivity contribution in [3.05, 3.63) is 0 Å². The molecule has 1 atom stereocenters. The van der Waals surface area contributed by atoms with Gasteiger partial charge in [0.15, 0.2) is 0 Å². The molecule has 0 spiro atoms. The molecule has 3 fully saturated rings. The lowest BCUT2D eigenvalue weighted by molar-refractivity contribution is -0.198. The minimum absolute atomic E-state index is 0.0237. The lowest BCUT2D eigenvalue weighted by Crippen LogP contribution is -2.43. The molecule has 0 unspecified atom stereocenters. The number of carbonyl (C=O) groups excluding carboxylic acids is 1. The van der Waals surface area contributed by atoms with Crippen molar-refractivity contribution >= 4 is 5.91 Å². The summed E-state index contributed by atoms with van der Waals surface area (Å²) in [6, 6.07) is 0. The maximum atomic E-state index is 13.1. The Kier molecular flexibility index (Phi) is 4.89. The van der Waals surface area contributed by atoms with E-state index in [1.165, 1.54) is 4.90 Å². The summed E-state index contributed by atoms with van der Waals surface area (Å²) in [6.45, 7) is 8.77. The zero-order chi connectivity index (χ0) is 17.5. The van der Waals surface area contributed by atoms with Gasteiger partial charge >= 0.3 is 6.18 Å². The van der Waals surface area contributed by atoms with Crippen LogP contribution in [0.15, 0.2) is 0 Å². The highest BCUT2D eigenvalue weighted by atomic mass is 19.4. The van der Waals surface area contributed by atoms with Crippen LogP contribution in [0.3, 0.4) is 0 Å². The maximum absolute atomic E-state index is 13.1. The van der Waals surface area contributed by atoms with Crippen molar-refractivity contribution in [1.29, 1.82) is 0 Å². The summed E-state index contributed by atoms with van der Waals surface area (Å²) in [5, 5.41) is 0. The third kappa shape index (κ3) is 3.44. The molecule has 0 N–H and O–H groups in total. The predicted molar refractivity (Wildman–Crippen MR) is 86.4 cm³/mol. The first-order valence-corrected chi connectivity index (χ1v) is 9.31. The average Bonchev–Trinajstić information content (AvgIpc) is 3.19. The molecule has 0 aromatic rings. The number of carbonyl (C=O) groups is 1. The second-order valence-electron chi connectivity index (χ2n) is 8.41. The van der Waals surface area contributed by atoms with Gasteiger partial charge in [-0.2, -0.15) is 13.2 Å². The van der Waals surface area contributed by atoms with Crippen LogP contribution >= 0.6 is 0 Å². The van der Waals surface area contributed by atoms with Crippen molar-refractivity contribution in [2.75, 3.05) is 32.7 Å². The van der Waals surface area contributed by atoms with E-state index in [-0.39, 0.29) is 12.8 Å². The predicted octanol–water partition coefficient (Wildman–Crippen LogP) is 3.55. The summed E-state index contributed by atoms with van der Waals surface area (Å²) in [5.74, 6) is 0.958. The van der Waals surface area contributed by atoms with Crippen molar-refractivity contribution in [2.24, 2.45) is 23.2 Å². The molecule has 138 valence electrons. The fourth-order valence-electron chi connectivity index (χ4n) is 4.53. The average molecular weight is 346 g/mol. The Hall–Kier alpha value is -0.780. The lowest BCUT2D eigenvalue weighted by atomic mass is 9.83. The van der Waals surface area contributed by atoms with E-state index in [9.17, 15) is 18.0 Å². The standard InChI is InChI=1S/C18H29F3N2O/c1-13(2)11-22-8-3-14(4-9-22)15-5-10-23(12-15)16(24)17(6-7-17)18(19,20)21/h13-15H,3-12H2,1-2H3/t15-/m0/s1. The first-order chi connectivity index (χ1) is 11.2. The Morgan fingerprint density at radius 2 is 1.67 bits per heavy atom. The van der Waals surface area contributed by atoms with Crippen molar-refractivity contribution in [3.8, 4) is 0 Å². The van der Waals surface area contributed by atoms with E-state index in [1.54, 1.807) is 0 Å². The van der Waals surface area contributed by atoms with E-state index < -0.39 is 17.5 Å².